The summed E-state index contributed by atoms with van der Waals surface area (Å²) in [5.74, 6) is 0. The van der Waals surface area contributed by atoms with E-state index in [4.69, 9.17) is 11.6 Å². The van der Waals surface area contributed by atoms with Crippen molar-refractivity contribution < 1.29 is 0 Å². The summed E-state index contributed by atoms with van der Waals surface area (Å²) in [4.78, 5) is 0. The predicted octanol–water partition coefficient (Wildman–Crippen LogP) is 5.30. The number of halogens is 1. The van der Waals surface area contributed by atoms with Gasteiger partial charge < -0.3 is 0 Å². The van der Waals surface area contributed by atoms with Gasteiger partial charge in [0.2, 0.25) is 0 Å². The fourth-order valence-corrected chi connectivity index (χ4v) is 11.3. The molecule has 1 atom stereocenters. The van der Waals surface area contributed by atoms with Crippen molar-refractivity contribution >= 4 is 29.5 Å². The zero-order valence-electron chi connectivity index (χ0n) is 13.3. The van der Waals surface area contributed by atoms with Crippen LogP contribution in [0.3, 0.4) is 0 Å². The SMILES string of the molecule is C[C@H](Cl)[PH](c1ccccc1)(c1ccccc1)C1CCCCC1. The van der Waals surface area contributed by atoms with Gasteiger partial charge in [-0.05, 0) is 0 Å². The van der Waals surface area contributed by atoms with Crippen molar-refractivity contribution in [1.82, 2.24) is 0 Å². The molecular formula is C20H26ClP. The standard InChI is InChI=1S/C20H26ClP/c1-17(21)22(18-11-5-2-6-12-18,19-13-7-3-8-14-19)20-15-9-4-10-16-20/h2-3,5-8,11-14,17,20,22H,4,9-10,15-16H2,1H3/t17-/m1/s1. The average molecular weight is 333 g/mol. The molecule has 2 aromatic carbocycles. The molecule has 0 saturated heterocycles. The van der Waals surface area contributed by atoms with Gasteiger partial charge in [0.05, 0.1) is 0 Å². The predicted molar refractivity (Wildman–Crippen MR) is 103 cm³/mol. The van der Waals surface area contributed by atoms with Crippen molar-refractivity contribution in [2.75, 3.05) is 0 Å². The van der Waals surface area contributed by atoms with Crippen LogP contribution in [-0.4, -0.2) is 10.8 Å². The summed E-state index contributed by atoms with van der Waals surface area (Å²) in [7, 11) is -1.96. The van der Waals surface area contributed by atoms with Gasteiger partial charge in [0.1, 0.15) is 0 Å². The van der Waals surface area contributed by atoms with Crippen LogP contribution >= 0.6 is 18.9 Å². The van der Waals surface area contributed by atoms with E-state index in [2.05, 4.69) is 67.6 Å². The van der Waals surface area contributed by atoms with Gasteiger partial charge in [-0.2, -0.15) is 0 Å². The Bertz CT molecular complexity index is 534. The Morgan fingerprint density at radius 1 is 0.818 bits per heavy atom. The molecule has 0 N–H and O–H groups in total. The molecule has 1 saturated carbocycles. The van der Waals surface area contributed by atoms with Crippen LogP contribution in [0.2, 0.25) is 0 Å². The quantitative estimate of drug-likeness (QED) is 0.526. The van der Waals surface area contributed by atoms with Gasteiger partial charge in [0.25, 0.3) is 0 Å². The van der Waals surface area contributed by atoms with Crippen molar-refractivity contribution in [3.8, 4) is 0 Å². The van der Waals surface area contributed by atoms with E-state index in [1.165, 1.54) is 42.7 Å². The molecule has 2 aromatic rings. The van der Waals surface area contributed by atoms with Gasteiger partial charge in [-0.15, -0.1) is 0 Å². The summed E-state index contributed by atoms with van der Waals surface area (Å²) in [6.45, 7) is 2.24. The molecule has 2 heteroatoms. The molecule has 0 nitrogen and oxygen atoms in total. The number of hydrogen-bond acceptors (Lipinski definition) is 0. The van der Waals surface area contributed by atoms with Gasteiger partial charge in [0, 0.05) is 0 Å². The number of rotatable bonds is 4. The molecule has 0 aliphatic heterocycles. The number of alkyl halides is 1. The van der Waals surface area contributed by atoms with Gasteiger partial charge in [0.15, 0.2) is 0 Å². The first-order chi connectivity index (χ1) is 10.8. The van der Waals surface area contributed by atoms with Crippen LogP contribution in [0.15, 0.2) is 60.7 Å². The third kappa shape index (κ3) is 2.84. The normalized spacial score (nSPS) is 18.8. The summed E-state index contributed by atoms with van der Waals surface area (Å²) in [5.41, 5.74) is 0.763. The van der Waals surface area contributed by atoms with E-state index in [0.717, 1.165) is 5.66 Å². The third-order valence-corrected chi connectivity index (χ3v) is 12.1. The molecule has 0 amide bonds. The molecule has 1 fully saturated rings. The molecule has 118 valence electrons. The zero-order chi connectivity index (χ0) is 15.4. The Morgan fingerprint density at radius 3 is 1.68 bits per heavy atom. The second kappa shape index (κ2) is 7.16. The van der Waals surface area contributed by atoms with E-state index in [9.17, 15) is 0 Å². The molecule has 1 aliphatic carbocycles. The van der Waals surface area contributed by atoms with Gasteiger partial charge in [-0.3, -0.25) is 0 Å². The fraction of sp³-hybridized carbons (Fsp3) is 0.400. The van der Waals surface area contributed by atoms with E-state index in [1.807, 2.05) is 0 Å². The van der Waals surface area contributed by atoms with Gasteiger partial charge in [-0.1, -0.05) is 0 Å². The van der Waals surface area contributed by atoms with E-state index >= 15 is 0 Å². The van der Waals surface area contributed by atoms with Crippen molar-refractivity contribution in [2.24, 2.45) is 0 Å². The Balaban J connectivity index is 2.19. The maximum absolute atomic E-state index is 6.96. The zero-order valence-corrected chi connectivity index (χ0v) is 15.1. The summed E-state index contributed by atoms with van der Waals surface area (Å²) >= 11 is 6.96. The minimum absolute atomic E-state index is 0.209. The Kier molecular flexibility index (Phi) is 5.21. The minimum atomic E-state index is -1.96. The van der Waals surface area contributed by atoms with Crippen molar-refractivity contribution in [1.29, 1.82) is 0 Å². The van der Waals surface area contributed by atoms with Crippen LogP contribution in [-0.2, 0) is 0 Å². The number of benzene rings is 2. The molecule has 22 heavy (non-hydrogen) atoms. The topological polar surface area (TPSA) is 0 Å². The molecule has 3 rings (SSSR count). The van der Waals surface area contributed by atoms with Crippen LogP contribution in [0.5, 0.6) is 0 Å². The van der Waals surface area contributed by atoms with E-state index in [1.54, 1.807) is 0 Å². The first kappa shape index (κ1) is 16.0. The van der Waals surface area contributed by atoms with E-state index in [0.29, 0.717) is 0 Å². The van der Waals surface area contributed by atoms with Crippen LogP contribution in [0, 0.1) is 0 Å². The summed E-state index contributed by atoms with van der Waals surface area (Å²) in [6.07, 6.45) is 6.80. The van der Waals surface area contributed by atoms with Crippen molar-refractivity contribution in [2.45, 2.75) is 49.8 Å². The maximum atomic E-state index is 6.96. The Morgan fingerprint density at radius 2 is 1.27 bits per heavy atom. The molecule has 0 unspecified atom stereocenters. The monoisotopic (exact) mass is 332 g/mol. The first-order valence-electron chi connectivity index (χ1n) is 8.51. The van der Waals surface area contributed by atoms with Crippen LogP contribution in [0.4, 0.5) is 0 Å². The van der Waals surface area contributed by atoms with Crippen molar-refractivity contribution in [3.05, 3.63) is 60.7 Å². The summed E-state index contributed by atoms with van der Waals surface area (Å²) in [5, 5.41) is 3.23. The first-order valence-corrected chi connectivity index (χ1v) is 11.1. The Hall–Kier alpha value is -0.840. The summed E-state index contributed by atoms with van der Waals surface area (Å²) < 4.78 is 0. The molecule has 0 spiro atoms. The van der Waals surface area contributed by atoms with Crippen LogP contribution < -0.4 is 10.6 Å². The second-order valence-corrected chi connectivity index (χ2v) is 12.1. The molecular weight excluding hydrogens is 307 g/mol. The van der Waals surface area contributed by atoms with Crippen molar-refractivity contribution in [3.63, 3.8) is 0 Å². The Labute approximate surface area is 140 Å². The summed E-state index contributed by atoms with van der Waals surface area (Å²) in [6, 6.07) is 22.3. The van der Waals surface area contributed by atoms with Gasteiger partial charge in [-0.25, -0.2) is 0 Å². The number of hydrogen-bond donors (Lipinski definition) is 0. The third-order valence-electron chi connectivity index (χ3n) is 5.38. The average Bonchev–Trinajstić information content (AvgIpc) is 2.58. The van der Waals surface area contributed by atoms with Crippen LogP contribution in [0.25, 0.3) is 0 Å². The van der Waals surface area contributed by atoms with Crippen LogP contribution in [0.1, 0.15) is 39.0 Å². The molecule has 0 heterocycles. The fourth-order valence-electron chi connectivity index (χ4n) is 4.41. The molecule has 0 bridgehead atoms. The molecule has 0 radical (unpaired) electrons. The van der Waals surface area contributed by atoms with Gasteiger partial charge >= 0.3 is 140 Å². The second-order valence-electron chi connectivity index (χ2n) is 6.55. The molecule has 0 aromatic heterocycles. The van der Waals surface area contributed by atoms with E-state index < -0.39 is 7.26 Å². The molecule has 1 aliphatic rings. The van der Waals surface area contributed by atoms with E-state index in [-0.39, 0.29) is 5.12 Å².